The number of hydrogen-bond donors (Lipinski definition) is 1. The second kappa shape index (κ2) is 6.90. The number of halogens is 2. The molecule has 1 amide bonds. The van der Waals surface area contributed by atoms with Gasteiger partial charge in [0.25, 0.3) is 15.0 Å². The van der Waals surface area contributed by atoms with E-state index in [4.69, 9.17) is 15.4 Å². The second-order valence-corrected chi connectivity index (χ2v) is 6.76. The smallest absolute Gasteiger partial charge is 0.261 e. The fourth-order valence-electron chi connectivity index (χ4n) is 1.31. The summed E-state index contributed by atoms with van der Waals surface area (Å²) >= 11 is 0. The molecule has 1 rings (SSSR count). The van der Waals surface area contributed by atoms with Crippen LogP contribution in [0.2, 0.25) is 0 Å². The first-order chi connectivity index (χ1) is 9.24. The van der Waals surface area contributed by atoms with Gasteiger partial charge in [-0.2, -0.15) is 0 Å². The highest BCUT2D eigenvalue weighted by Gasteiger charge is 2.14. The maximum atomic E-state index is 13.6. The van der Waals surface area contributed by atoms with Crippen molar-refractivity contribution in [2.75, 3.05) is 6.61 Å². The van der Waals surface area contributed by atoms with Crippen LogP contribution in [0.3, 0.4) is 0 Å². The molecule has 1 aromatic rings. The van der Waals surface area contributed by atoms with E-state index in [0.29, 0.717) is 0 Å². The summed E-state index contributed by atoms with van der Waals surface area (Å²) in [5.41, 5.74) is 0. The first-order valence-corrected chi connectivity index (χ1v) is 8.21. The molecule has 0 heterocycles. The van der Waals surface area contributed by atoms with Crippen LogP contribution in [0.5, 0.6) is 5.75 Å². The molecule has 0 bridgehead atoms. The van der Waals surface area contributed by atoms with Crippen LogP contribution < -0.4 is 10.1 Å². The van der Waals surface area contributed by atoms with Gasteiger partial charge in [0.15, 0.2) is 18.2 Å². The van der Waals surface area contributed by atoms with Crippen molar-refractivity contribution in [3.05, 3.63) is 24.0 Å². The summed E-state index contributed by atoms with van der Waals surface area (Å²) in [6.07, 6.45) is 0.766. The van der Waals surface area contributed by atoms with Crippen LogP contribution in [0.25, 0.3) is 0 Å². The Labute approximate surface area is 121 Å². The van der Waals surface area contributed by atoms with E-state index in [0.717, 1.165) is 24.6 Å². The third kappa shape index (κ3) is 4.97. The van der Waals surface area contributed by atoms with Gasteiger partial charge in [-0.25, -0.2) is 12.8 Å². The van der Waals surface area contributed by atoms with E-state index >= 15 is 0 Å². The van der Waals surface area contributed by atoms with Crippen LogP contribution in [-0.2, 0) is 13.8 Å². The van der Waals surface area contributed by atoms with E-state index in [9.17, 15) is 17.6 Å². The van der Waals surface area contributed by atoms with Gasteiger partial charge >= 0.3 is 0 Å². The zero-order chi connectivity index (χ0) is 15.3. The van der Waals surface area contributed by atoms with Gasteiger partial charge in [-0.15, -0.1) is 0 Å². The van der Waals surface area contributed by atoms with Crippen LogP contribution in [0, 0.1) is 5.82 Å². The maximum Gasteiger partial charge on any atom is 0.261 e. The van der Waals surface area contributed by atoms with E-state index in [1.807, 2.05) is 13.8 Å². The largest absolute Gasteiger partial charge is 0.481 e. The molecule has 0 aliphatic carbocycles. The van der Waals surface area contributed by atoms with Crippen molar-refractivity contribution in [1.29, 1.82) is 0 Å². The average Bonchev–Trinajstić information content (AvgIpc) is 2.35. The van der Waals surface area contributed by atoms with Crippen LogP contribution >= 0.6 is 10.7 Å². The fraction of sp³-hybridized carbons (Fsp3) is 0.417. The van der Waals surface area contributed by atoms with Gasteiger partial charge < -0.3 is 10.1 Å². The van der Waals surface area contributed by atoms with Gasteiger partial charge in [-0.1, -0.05) is 6.92 Å². The Morgan fingerprint density at radius 1 is 1.50 bits per heavy atom. The lowest BCUT2D eigenvalue weighted by atomic mass is 10.2. The third-order valence-electron chi connectivity index (χ3n) is 2.56. The monoisotopic (exact) mass is 323 g/mol. The highest BCUT2D eigenvalue weighted by molar-refractivity contribution is 8.13. The number of nitrogens with one attached hydrogen (secondary N) is 1. The first kappa shape index (κ1) is 16.7. The first-order valence-electron chi connectivity index (χ1n) is 5.90. The van der Waals surface area contributed by atoms with Crippen LogP contribution in [-0.4, -0.2) is 27.0 Å². The Morgan fingerprint density at radius 2 is 2.15 bits per heavy atom. The van der Waals surface area contributed by atoms with Gasteiger partial charge in [-0.05, 0) is 31.5 Å². The lowest BCUT2D eigenvalue weighted by Gasteiger charge is -2.12. The summed E-state index contributed by atoms with van der Waals surface area (Å²) < 4.78 is 40.6. The Morgan fingerprint density at radius 3 is 2.65 bits per heavy atom. The topological polar surface area (TPSA) is 72.5 Å². The summed E-state index contributed by atoms with van der Waals surface area (Å²) in [4.78, 5) is 11.1. The number of benzene rings is 1. The maximum absolute atomic E-state index is 13.6. The molecule has 0 aliphatic heterocycles. The molecule has 0 radical (unpaired) electrons. The van der Waals surface area contributed by atoms with E-state index in [-0.39, 0.29) is 29.2 Å². The minimum atomic E-state index is -4.00. The SMILES string of the molecule is CCC(C)NC(=O)COc1ccc(S(=O)(=O)Cl)cc1F. The predicted molar refractivity (Wildman–Crippen MR) is 72.8 cm³/mol. The number of carbonyl (C=O) groups is 1. The van der Waals surface area contributed by atoms with Gasteiger partial charge in [0.1, 0.15) is 0 Å². The predicted octanol–water partition coefficient (Wildman–Crippen LogP) is 2.05. The lowest BCUT2D eigenvalue weighted by Crippen LogP contribution is -2.35. The van der Waals surface area contributed by atoms with Crippen molar-refractivity contribution in [1.82, 2.24) is 5.32 Å². The zero-order valence-electron chi connectivity index (χ0n) is 11.0. The Kier molecular flexibility index (Phi) is 5.76. The molecular formula is C12H15ClFNO4S. The standard InChI is InChI=1S/C12H15ClFNO4S/c1-3-8(2)15-12(16)7-19-11-5-4-9(6-10(11)14)20(13,17)18/h4-6,8H,3,7H2,1-2H3,(H,15,16). The van der Waals surface area contributed by atoms with Crippen molar-refractivity contribution < 1.29 is 22.3 Å². The summed E-state index contributed by atoms with van der Waals surface area (Å²) in [7, 11) is 1.09. The molecule has 8 heteroatoms. The second-order valence-electron chi connectivity index (χ2n) is 4.20. The van der Waals surface area contributed by atoms with Crippen LogP contribution in [0.4, 0.5) is 4.39 Å². The lowest BCUT2D eigenvalue weighted by molar-refractivity contribution is -0.123. The van der Waals surface area contributed by atoms with Crippen LogP contribution in [0.1, 0.15) is 20.3 Å². The van der Waals surface area contributed by atoms with E-state index < -0.39 is 14.9 Å². The fourth-order valence-corrected chi connectivity index (χ4v) is 2.07. The number of rotatable bonds is 6. The molecule has 1 atom stereocenters. The molecule has 5 nitrogen and oxygen atoms in total. The summed E-state index contributed by atoms with van der Waals surface area (Å²) in [6, 6.07) is 2.96. The van der Waals surface area contributed by atoms with Gasteiger partial charge in [0.2, 0.25) is 0 Å². The summed E-state index contributed by atoms with van der Waals surface area (Å²) in [5, 5.41) is 2.65. The highest BCUT2D eigenvalue weighted by atomic mass is 35.7. The quantitative estimate of drug-likeness (QED) is 0.813. The molecule has 0 aromatic heterocycles. The molecular weight excluding hydrogens is 309 g/mol. The van der Waals surface area contributed by atoms with Crippen molar-refractivity contribution in [3.8, 4) is 5.75 Å². The van der Waals surface area contributed by atoms with Crippen molar-refractivity contribution in [2.24, 2.45) is 0 Å². The molecule has 1 unspecified atom stereocenters. The Bertz CT molecular complexity index is 591. The highest BCUT2D eigenvalue weighted by Crippen LogP contribution is 2.23. The molecule has 0 saturated carbocycles. The van der Waals surface area contributed by atoms with Crippen molar-refractivity contribution in [3.63, 3.8) is 0 Å². The minimum absolute atomic E-state index is 0.000265. The third-order valence-corrected chi connectivity index (χ3v) is 3.91. The molecule has 0 saturated heterocycles. The Hall–Kier alpha value is -1.34. The molecule has 1 N–H and O–H groups in total. The van der Waals surface area contributed by atoms with Gasteiger partial charge in [-0.3, -0.25) is 4.79 Å². The summed E-state index contributed by atoms with van der Waals surface area (Å²) in [5.74, 6) is -1.50. The van der Waals surface area contributed by atoms with E-state index in [1.54, 1.807) is 0 Å². The molecule has 0 fully saturated rings. The summed E-state index contributed by atoms with van der Waals surface area (Å²) in [6.45, 7) is 3.39. The minimum Gasteiger partial charge on any atom is -0.481 e. The van der Waals surface area contributed by atoms with Crippen molar-refractivity contribution in [2.45, 2.75) is 31.2 Å². The Balaban J connectivity index is 2.68. The zero-order valence-corrected chi connectivity index (χ0v) is 12.6. The molecule has 1 aromatic carbocycles. The van der Waals surface area contributed by atoms with Crippen molar-refractivity contribution >= 4 is 25.6 Å². The van der Waals surface area contributed by atoms with Gasteiger partial charge in [0.05, 0.1) is 4.90 Å². The number of ether oxygens (including phenoxy) is 1. The average molecular weight is 324 g/mol. The van der Waals surface area contributed by atoms with E-state index in [2.05, 4.69) is 5.32 Å². The molecule has 0 spiro atoms. The van der Waals surface area contributed by atoms with Gasteiger partial charge in [0, 0.05) is 16.7 Å². The van der Waals surface area contributed by atoms with E-state index in [1.165, 1.54) is 0 Å². The molecule has 0 aliphatic rings. The number of amides is 1. The normalized spacial score (nSPS) is 12.8. The molecule has 112 valence electrons. The number of hydrogen-bond acceptors (Lipinski definition) is 4. The molecule has 20 heavy (non-hydrogen) atoms. The number of carbonyl (C=O) groups excluding carboxylic acids is 1. The van der Waals surface area contributed by atoms with Crippen LogP contribution in [0.15, 0.2) is 23.1 Å².